The Bertz CT molecular complexity index is 1870. The number of benzene rings is 1. The van der Waals surface area contributed by atoms with Crippen molar-refractivity contribution in [2.45, 2.75) is 136 Å². The maximum atomic E-state index is 15.0. The molecule has 4 aliphatic rings. The molecular formula is C40H55N3O10S. The SMILES string of the molecule is CC[C@@H]1C[C@]1(CC(=O)[C@@H]1CC(Oc2nccc3cc(OC)ccc23)CN1C(=O)[C@@H](CC(=O)OC(C)(C)C)C1(C)CCCCC1)C(=O)NS(=O)(=O)OC1CC1. The zero-order valence-corrected chi connectivity index (χ0v) is 33.2. The lowest BCUT2D eigenvalue weighted by Gasteiger charge is -2.42. The highest BCUT2D eigenvalue weighted by Gasteiger charge is 2.61. The maximum absolute atomic E-state index is 15.0. The predicted molar refractivity (Wildman–Crippen MR) is 200 cm³/mol. The number of ketones is 1. The van der Waals surface area contributed by atoms with Crippen LogP contribution in [0.15, 0.2) is 30.5 Å². The number of aromatic nitrogens is 1. The van der Waals surface area contributed by atoms with Gasteiger partial charge in [0, 0.05) is 24.4 Å². The van der Waals surface area contributed by atoms with Gasteiger partial charge in [-0.25, -0.2) is 9.71 Å². The number of pyridine rings is 1. The molecule has 5 atom stereocenters. The summed E-state index contributed by atoms with van der Waals surface area (Å²) in [6.45, 7) is 9.37. The zero-order chi connectivity index (χ0) is 39.1. The first-order valence-electron chi connectivity index (χ1n) is 19.4. The fourth-order valence-electron chi connectivity index (χ4n) is 8.53. The number of carbonyl (C=O) groups is 4. The van der Waals surface area contributed by atoms with Crippen LogP contribution in [-0.2, 0) is 38.4 Å². The number of amides is 2. The number of likely N-dealkylation sites (tertiary alicyclic amines) is 1. The van der Waals surface area contributed by atoms with Gasteiger partial charge in [-0.3, -0.25) is 23.4 Å². The quantitative estimate of drug-likeness (QED) is 0.217. The Morgan fingerprint density at radius 2 is 1.78 bits per heavy atom. The number of Topliss-reactive ketones (excluding diaryl/α,β-unsaturated/α-hetero) is 1. The van der Waals surface area contributed by atoms with Gasteiger partial charge in [0.2, 0.25) is 17.7 Å². The molecule has 3 saturated carbocycles. The third kappa shape index (κ3) is 9.01. The van der Waals surface area contributed by atoms with Gasteiger partial charge in [0.1, 0.15) is 17.5 Å². The van der Waals surface area contributed by atoms with Crippen LogP contribution in [0.2, 0.25) is 0 Å². The molecule has 0 radical (unpaired) electrons. The number of ether oxygens (including phenoxy) is 3. The minimum absolute atomic E-state index is 0.0599. The molecule has 1 unspecified atom stereocenters. The molecule has 3 aliphatic carbocycles. The summed E-state index contributed by atoms with van der Waals surface area (Å²) in [5.41, 5.74) is -2.50. The van der Waals surface area contributed by atoms with E-state index in [4.69, 9.17) is 18.4 Å². The van der Waals surface area contributed by atoms with E-state index in [9.17, 15) is 27.6 Å². The van der Waals surface area contributed by atoms with E-state index in [-0.39, 0.29) is 43.4 Å². The van der Waals surface area contributed by atoms with Crippen molar-refractivity contribution in [3.63, 3.8) is 0 Å². The summed E-state index contributed by atoms with van der Waals surface area (Å²) in [5, 5.41) is 1.57. The Balaban J connectivity index is 1.30. The van der Waals surface area contributed by atoms with Gasteiger partial charge in [-0.2, -0.15) is 8.42 Å². The molecule has 6 rings (SSSR count). The molecule has 14 heteroatoms. The van der Waals surface area contributed by atoms with Crippen molar-refractivity contribution in [1.29, 1.82) is 0 Å². The molecule has 0 spiro atoms. The number of rotatable bonds is 15. The molecule has 4 fully saturated rings. The molecule has 2 heterocycles. The molecular weight excluding hydrogens is 715 g/mol. The highest BCUT2D eigenvalue weighted by atomic mass is 32.2. The predicted octanol–water partition coefficient (Wildman–Crippen LogP) is 5.83. The lowest BCUT2D eigenvalue weighted by Crippen LogP contribution is -2.50. The number of fused-ring (bicyclic) bond motifs is 1. The summed E-state index contributed by atoms with van der Waals surface area (Å²) >= 11 is 0. The summed E-state index contributed by atoms with van der Waals surface area (Å²) < 4.78 is 50.1. The van der Waals surface area contributed by atoms with Gasteiger partial charge in [0.25, 0.3) is 0 Å². The minimum Gasteiger partial charge on any atom is -0.497 e. The monoisotopic (exact) mass is 769 g/mol. The van der Waals surface area contributed by atoms with E-state index in [1.54, 1.807) is 40.1 Å². The summed E-state index contributed by atoms with van der Waals surface area (Å²) in [6.07, 6.45) is 6.77. The summed E-state index contributed by atoms with van der Waals surface area (Å²) in [4.78, 5) is 62.6. The molecule has 1 aromatic heterocycles. The van der Waals surface area contributed by atoms with Crippen LogP contribution >= 0.6 is 0 Å². The summed E-state index contributed by atoms with van der Waals surface area (Å²) in [6, 6.07) is 6.38. The number of esters is 1. The van der Waals surface area contributed by atoms with Crippen molar-refractivity contribution in [3.05, 3.63) is 30.5 Å². The second kappa shape index (κ2) is 15.4. The van der Waals surface area contributed by atoms with Gasteiger partial charge >= 0.3 is 16.3 Å². The highest BCUT2D eigenvalue weighted by Crippen LogP contribution is 2.58. The maximum Gasteiger partial charge on any atom is 0.362 e. The van der Waals surface area contributed by atoms with E-state index in [1.165, 1.54) is 4.90 Å². The molecule has 1 saturated heterocycles. The van der Waals surface area contributed by atoms with Gasteiger partial charge in [0.05, 0.1) is 43.6 Å². The number of nitrogens with zero attached hydrogens (tertiary/aromatic N) is 2. The van der Waals surface area contributed by atoms with Crippen LogP contribution in [0.5, 0.6) is 11.6 Å². The first kappa shape index (κ1) is 39.9. The smallest absolute Gasteiger partial charge is 0.362 e. The van der Waals surface area contributed by atoms with Crippen LogP contribution in [0.3, 0.4) is 0 Å². The van der Waals surface area contributed by atoms with E-state index < -0.39 is 62.8 Å². The Hall–Kier alpha value is -3.78. The molecule has 54 heavy (non-hydrogen) atoms. The van der Waals surface area contributed by atoms with Crippen molar-refractivity contribution >= 4 is 44.6 Å². The second-order valence-corrected chi connectivity index (χ2v) is 18.3. The van der Waals surface area contributed by atoms with Crippen molar-refractivity contribution in [2.75, 3.05) is 13.7 Å². The zero-order valence-electron chi connectivity index (χ0n) is 32.4. The van der Waals surface area contributed by atoms with Crippen molar-refractivity contribution in [1.82, 2.24) is 14.6 Å². The van der Waals surface area contributed by atoms with Crippen LogP contribution in [0, 0.1) is 22.7 Å². The van der Waals surface area contributed by atoms with Crippen LogP contribution in [0.1, 0.15) is 112 Å². The Morgan fingerprint density at radius 1 is 1.06 bits per heavy atom. The average molecular weight is 770 g/mol. The lowest BCUT2D eigenvalue weighted by molar-refractivity contribution is -0.162. The average Bonchev–Trinajstić information content (AvgIpc) is 4.02. The van der Waals surface area contributed by atoms with Gasteiger partial charge in [-0.15, -0.1) is 0 Å². The number of carbonyl (C=O) groups excluding carboxylic acids is 4. The first-order chi connectivity index (χ1) is 25.5. The van der Waals surface area contributed by atoms with Crippen LogP contribution in [0.25, 0.3) is 10.8 Å². The molecule has 1 aliphatic heterocycles. The second-order valence-electron chi connectivity index (χ2n) is 17.0. The van der Waals surface area contributed by atoms with Gasteiger partial charge in [-0.05, 0) is 93.9 Å². The van der Waals surface area contributed by atoms with Gasteiger partial charge < -0.3 is 19.1 Å². The van der Waals surface area contributed by atoms with Gasteiger partial charge in [0.15, 0.2) is 5.78 Å². The molecule has 13 nitrogen and oxygen atoms in total. The Labute approximate surface area is 318 Å². The number of hydrogen-bond donors (Lipinski definition) is 1. The van der Waals surface area contributed by atoms with E-state index in [2.05, 4.69) is 9.71 Å². The molecule has 1 N–H and O–H groups in total. The standard InChI is InChI=1S/C40H55N3O10S/c1-7-26-22-40(26,37(47)42-54(48,49)53-27-11-12-27)23-33(44)32-20-29(51-35-30-14-13-28(50-6)19-25(30)15-18-41-35)24-43(32)36(46)31(21-34(45)52-38(2,3)4)39(5)16-9-8-10-17-39/h13-15,18-19,26-27,29,31-32H,7-12,16-17,20-24H2,1-6H3,(H,42,47)/t26-,29?,31-,32+,40-/m1/s1. The topological polar surface area (TPSA) is 168 Å². The number of nitrogens with one attached hydrogen (secondary N) is 1. The molecule has 2 amide bonds. The molecule has 0 bridgehead atoms. The third-order valence-electron chi connectivity index (χ3n) is 11.7. The summed E-state index contributed by atoms with van der Waals surface area (Å²) in [5.74, 6) is -1.88. The van der Waals surface area contributed by atoms with Crippen molar-refractivity contribution in [3.8, 4) is 11.6 Å². The van der Waals surface area contributed by atoms with E-state index in [1.807, 2.05) is 32.0 Å². The summed E-state index contributed by atoms with van der Waals surface area (Å²) in [7, 11) is -2.76. The fourth-order valence-corrected chi connectivity index (χ4v) is 9.56. The number of hydrogen-bond acceptors (Lipinski definition) is 11. The van der Waals surface area contributed by atoms with Crippen molar-refractivity contribution in [2.24, 2.45) is 22.7 Å². The van der Waals surface area contributed by atoms with E-state index in [0.717, 1.165) is 42.9 Å². The lowest BCUT2D eigenvalue weighted by atomic mass is 9.65. The van der Waals surface area contributed by atoms with Gasteiger partial charge in [-0.1, -0.05) is 39.5 Å². The number of methoxy groups -OCH3 is 1. The molecule has 296 valence electrons. The largest absolute Gasteiger partial charge is 0.497 e. The van der Waals surface area contributed by atoms with E-state index in [0.29, 0.717) is 37.3 Å². The Morgan fingerprint density at radius 3 is 2.41 bits per heavy atom. The molecule has 2 aromatic rings. The van der Waals surface area contributed by atoms with Crippen molar-refractivity contribution < 1.29 is 46.0 Å². The van der Waals surface area contributed by atoms with Crippen LogP contribution in [-0.4, -0.2) is 79.4 Å². The Kier molecular flexibility index (Phi) is 11.4. The highest BCUT2D eigenvalue weighted by molar-refractivity contribution is 7.85. The van der Waals surface area contributed by atoms with Crippen LogP contribution < -0.4 is 14.2 Å². The third-order valence-corrected chi connectivity index (χ3v) is 12.7. The first-order valence-corrected chi connectivity index (χ1v) is 20.8. The molecule has 1 aromatic carbocycles. The normalized spacial score (nSPS) is 25.8. The van der Waals surface area contributed by atoms with E-state index >= 15 is 0 Å². The minimum atomic E-state index is -4.35. The fraction of sp³-hybridized carbons (Fsp3) is 0.675. The van der Waals surface area contributed by atoms with Crippen LogP contribution in [0.4, 0.5) is 0 Å².